The fraction of sp³-hybridized carbons (Fsp3) is 0.389. The third kappa shape index (κ3) is 5.23. The Labute approximate surface area is 151 Å². The average molecular weight is 360 g/mol. The standard InChI is InChI=1S/C18H24N4O4/c1-12-4-2-6-15-13(12)7-10-22(15)11-8-16(23)21-14(17(24)25)5-3-9-20-18(19)26/h2,4,6-7,10,14H,3,5,8-9,11H2,1H3,(H,21,23)(H,24,25)(H3,19,20,26)/t14-/m1/s1. The Morgan fingerprint density at radius 1 is 1.27 bits per heavy atom. The number of hydrogen-bond acceptors (Lipinski definition) is 3. The van der Waals surface area contributed by atoms with Crippen molar-refractivity contribution < 1.29 is 19.5 Å². The second-order valence-corrected chi connectivity index (χ2v) is 6.16. The summed E-state index contributed by atoms with van der Waals surface area (Å²) < 4.78 is 1.98. The first-order valence-corrected chi connectivity index (χ1v) is 8.48. The molecule has 1 heterocycles. The number of carbonyl (C=O) groups is 3. The zero-order valence-electron chi connectivity index (χ0n) is 14.7. The minimum absolute atomic E-state index is 0.182. The number of carbonyl (C=O) groups excluding carboxylic acids is 2. The number of carboxylic acid groups (broad SMARTS) is 1. The van der Waals surface area contributed by atoms with Crippen LogP contribution in [-0.4, -0.2) is 40.2 Å². The van der Waals surface area contributed by atoms with E-state index >= 15 is 0 Å². The molecule has 140 valence electrons. The second-order valence-electron chi connectivity index (χ2n) is 6.16. The molecule has 0 fully saturated rings. The van der Waals surface area contributed by atoms with Gasteiger partial charge in [0.05, 0.1) is 0 Å². The van der Waals surface area contributed by atoms with Crippen LogP contribution >= 0.6 is 0 Å². The first-order chi connectivity index (χ1) is 12.4. The maximum absolute atomic E-state index is 12.1. The summed E-state index contributed by atoms with van der Waals surface area (Å²) in [6, 6.07) is 6.36. The molecule has 2 aromatic rings. The molecule has 5 N–H and O–H groups in total. The lowest BCUT2D eigenvalue weighted by Crippen LogP contribution is -2.41. The highest BCUT2D eigenvalue weighted by Gasteiger charge is 2.19. The van der Waals surface area contributed by atoms with Crippen LogP contribution in [0.2, 0.25) is 0 Å². The van der Waals surface area contributed by atoms with E-state index < -0.39 is 18.0 Å². The quantitative estimate of drug-likeness (QED) is 0.504. The van der Waals surface area contributed by atoms with Crippen LogP contribution in [0.4, 0.5) is 4.79 Å². The van der Waals surface area contributed by atoms with Crippen molar-refractivity contribution in [2.75, 3.05) is 6.54 Å². The van der Waals surface area contributed by atoms with Gasteiger partial charge in [0.15, 0.2) is 0 Å². The maximum Gasteiger partial charge on any atom is 0.326 e. The van der Waals surface area contributed by atoms with Crippen molar-refractivity contribution in [1.82, 2.24) is 15.2 Å². The summed E-state index contributed by atoms with van der Waals surface area (Å²) in [6.45, 7) is 2.77. The van der Waals surface area contributed by atoms with E-state index in [-0.39, 0.29) is 25.3 Å². The Morgan fingerprint density at radius 2 is 2.04 bits per heavy atom. The Bertz CT molecular complexity index is 800. The van der Waals surface area contributed by atoms with Gasteiger partial charge < -0.3 is 26.0 Å². The van der Waals surface area contributed by atoms with Gasteiger partial charge in [0, 0.05) is 36.6 Å². The molecule has 0 radical (unpaired) electrons. The fourth-order valence-corrected chi connectivity index (χ4v) is 2.84. The van der Waals surface area contributed by atoms with Crippen molar-refractivity contribution >= 4 is 28.8 Å². The zero-order valence-corrected chi connectivity index (χ0v) is 14.7. The number of amides is 3. The van der Waals surface area contributed by atoms with Gasteiger partial charge in [0.25, 0.3) is 0 Å². The van der Waals surface area contributed by atoms with E-state index in [1.54, 1.807) is 0 Å². The summed E-state index contributed by atoms with van der Waals surface area (Å²) in [5.74, 6) is -1.42. The van der Waals surface area contributed by atoms with E-state index in [1.165, 1.54) is 5.56 Å². The highest BCUT2D eigenvalue weighted by molar-refractivity contribution is 5.85. The SMILES string of the molecule is Cc1cccc2c1ccn2CCC(=O)N[C@H](CCCNC(N)=O)C(=O)O. The summed E-state index contributed by atoms with van der Waals surface area (Å²) in [6.07, 6.45) is 2.73. The number of aromatic nitrogens is 1. The number of urea groups is 1. The van der Waals surface area contributed by atoms with Crippen LogP contribution in [0, 0.1) is 6.92 Å². The van der Waals surface area contributed by atoms with Crippen LogP contribution in [0.15, 0.2) is 30.5 Å². The van der Waals surface area contributed by atoms with E-state index in [0.29, 0.717) is 13.0 Å². The van der Waals surface area contributed by atoms with Crippen LogP contribution in [0.5, 0.6) is 0 Å². The number of aryl methyl sites for hydroxylation is 2. The lowest BCUT2D eigenvalue weighted by molar-refractivity contribution is -0.142. The lowest BCUT2D eigenvalue weighted by atomic mass is 10.1. The molecule has 1 aromatic carbocycles. The van der Waals surface area contributed by atoms with Gasteiger partial charge in [0.1, 0.15) is 6.04 Å². The molecule has 0 unspecified atom stereocenters. The fourth-order valence-electron chi connectivity index (χ4n) is 2.84. The molecule has 0 bridgehead atoms. The van der Waals surface area contributed by atoms with Gasteiger partial charge in [-0.2, -0.15) is 0 Å². The molecular formula is C18H24N4O4. The molecule has 3 amide bonds. The first-order valence-electron chi connectivity index (χ1n) is 8.48. The smallest absolute Gasteiger partial charge is 0.326 e. The molecule has 1 atom stereocenters. The number of fused-ring (bicyclic) bond motifs is 1. The first kappa shape index (κ1) is 19.3. The molecule has 0 aliphatic rings. The number of hydrogen-bond donors (Lipinski definition) is 4. The summed E-state index contributed by atoms with van der Waals surface area (Å²) in [4.78, 5) is 34.0. The molecule has 0 saturated heterocycles. The molecular weight excluding hydrogens is 336 g/mol. The highest BCUT2D eigenvalue weighted by atomic mass is 16.4. The van der Waals surface area contributed by atoms with Crippen molar-refractivity contribution in [3.05, 3.63) is 36.0 Å². The Kier molecular flexibility index (Phi) is 6.60. The number of carboxylic acids is 1. The summed E-state index contributed by atoms with van der Waals surface area (Å²) in [5, 5.41) is 15.3. The minimum Gasteiger partial charge on any atom is -0.480 e. The number of nitrogens with zero attached hydrogens (tertiary/aromatic N) is 1. The molecule has 0 aliphatic heterocycles. The van der Waals surface area contributed by atoms with Gasteiger partial charge in [-0.3, -0.25) is 4.79 Å². The van der Waals surface area contributed by atoms with E-state index in [4.69, 9.17) is 5.73 Å². The molecule has 1 aromatic heterocycles. The maximum atomic E-state index is 12.1. The number of primary amides is 1. The summed E-state index contributed by atoms with van der Waals surface area (Å²) in [5.41, 5.74) is 7.16. The Hall–Kier alpha value is -3.03. The number of rotatable bonds is 9. The molecule has 0 spiro atoms. The third-order valence-electron chi connectivity index (χ3n) is 4.21. The Morgan fingerprint density at radius 3 is 2.73 bits per heavy atom. The van der Waals surface area contributed by atoms with Crippen molar-refractivity contribution in [2.24, 2.45) is 5.73 Å². The van der Waals surface area contributed by atoms with Crippen molar-refractivity contribution in [2.45, 2.75) is 38.8 Å². The van der Waals surface area contributed by atoms with Crippen LogP contribution in [-0.2, 0) is 16.1 Å². The number of nitrogens with two attached hydrogens (primary N) is 1. The van der Waals surface area contributed by atoms with Crippen LogP contribution in [0.1, 0.15) is 24.8 Å². The molecule has 0 saturated carbocycles. The highest BCUT2D eigenvalue weighted by Crippen LogP contribution is 2.19. The van der Waals surface area contributed by atoms with Crippen molar-refractivity contribution in [3.8, 4) is 0 Å². The van der Waals surface area contributed by atoms with Crippen LogP contribution in [0.25, 0.3) is 10.9 Å². The normalized spacial score (nSPS) is 11.9. The van der Waals surface area contributed by atoms with Gasteiger partial charge >= 0.3 is 12.0 Å². The molecule has 8 heteroatoms. The third-order valence-corrected chi connectivity index (χ3v) is 4.21. The van der Waals surface area contributed by atoms with Crippen molar-refractivity contribution in [1.29, 1.82) is 0 Å². The number of benzene rings is 1. The topological polar surface area (TPSA) is 126 Å². The molecule has 26 heavy (non-hydrogen) atoms. The van der Waals surface area contributed by atoms with E-state index in [2.05, 4.69) is 10.6 Å². The summed E-state index contributed by atoms with van der Waals surface area (Å²) >= 11 is 0. The largest absolute Gasteiger partial charge is 0.480 e. The number of aliphatic carboxylic acids is 1. The van der Waals surface area contributed by atoms with E-state index in [0.717, 1.165) is 10.9 Å². The minimum atomic E-state index is -1.10. The Balaban J connectivity index is 1.86. The number of nitrogens with one attached hydrogen (secondary N) is 2. The van der Waals surface area contributed by atoms with Gasteiger partial charge in [-0.15, -0.1) is 0 Å². The molecule has 2 rings (SSSR count). The van der Waals surface area contributed by atoms with E-state index in [9.17, 15) is 19.5 Å². The van der Waals surface area contributed by atoms with Crippen LogP contribution < -0.4 is 16.4 Å². The zero-order chi connectivity index (χ0) is 19.1. The second kappa shape index (κ2) is 8.89. The van der Waals surface area contributed by atoms with Gasteiger partial charge in [0.2, 0.25) is 5.91 Å². The molecule has 8 nitrogen and oxygen atoms in total. The van der Waals surface area contributed by atoms with Gasteiger partial charge in [-0.05, 0) is 37.5 Å². The molecule has 0 aliphatic carbocycles. The summed E-state index contributed by atoms with van der Waals surface area (Å²) in [7, 11) is 0. The van der Waals surface area contributed by atoms with Gasteiger partial charge in [-0.1, -0.05) is 12.1 Å². The van der Waals surface area contributed by atoms with Gasteiger partial charge in [-0.25, -0.2) is 9.59 Å². The van der Waals surface area contributed by atoms with Crippen molar-refractivity contribution in [3.63, 3.8) is 0 Å². The monoisotopic (exact) mass is 360 g/mol. The predicted octanol–water partition coefficient (Wildman–Crippen LogP) is 1.36. The van der Waals surface area contributed by atoms with E-state index in [1.807, 2.05) is 42.0 Å². The average Bonchev–Trinajstić information content (AvgIpc) is 3.00. The predicted molar refractivity (Wildman–Crippen MR) is 97.7 cm³/mol. The lowest BCUT2D eigenvalue weighted by Gasteiger charge is -2.15. The van der Waals surface area contributed by atoms with Crippen LogP contribution in [0.3, 0.4) is 0 Å².